The number of rotatable bonds is 12. The number of hydrogen-bond acceptors (Lipinski definition) is 4. The lowest BCUT2D eigenvalue weighted by molar-refractivity contribution is -0.0674. The minimum Gasteiger partial charge on any atom is -0.461 e. The molecule has 1 aromatic heterocycles. The Kier molecular flexibility index (Phi) is 8.21. The molecule has 0 bridgehead atoms. The maximum atomic E-state index is 12.6. The van der Waals surface area contributed by atoms with Crippen LogP contribution in [-0.2, 0) is 20.8 Å². The molecule has 2 atom stereocenters. The Labute approximate surface area is 183 Å². The lowest BCUT2D eigenvalue weighted by atomic mass is 10.2. The molecule has 0 aliphatic carbocycles. The summed E-state index contributed by atoms with van der Waals surface area (Å²) in [5, 5.41) is 0.932. The Balaban J connectivity index is 1.81. The summed E-state index contributed by atoms with van der Waals surface area (Å²) in [4.78, 5) is 12.6. The summed E-state index contributed by atoms with van der Waals surface area (Å²) in [5.41, 5.74) is 2.40. The van der Waals surface area contributed by atoms with Crippen molar-refractivity contribution in [1.29, 1.82) is 0 Å². The Morgan fingerprint density at radius 3 is 2.55 bits per heavy atom. The monoisotopic (exact) mass is 419 g/mol. The molecule has 0 spiro atoms. The van der Waals surface area contributed by atoms with Crippen LogP contribution in [0.2, 0.25) is 0 Å². The first kappa shape index (κ1) is 22.5. The second-order valence-electron chi connectivity index (χ2n) is 7.09. The smallest absolute Gasteiger partial charge is 0.355 e. The van der Waals surface area contributed by atoms with Crippen LogP contribution in [0.3, 0.4) is 0 Å². The van der Waals surface area contributed by atoms with Gasteiger partial charge < -0.3 is 18.8 Å². The van der Waals surface area contributed by atoms with Gasteiger partial charge in [0, 0.05) is 5.39 Å². The van der Waals surface area contributed by atoms with E-state index < -0.39 is 12.2 Å². The van der Waals surface area contributed by atoms with Crippen LogP contribution in [0.15, 0.2) is 86.0 Å². The highest BCUT2D eigenvalue weighted by Crippen LogP contribution is 2.27. The van der Waals surface area contributed by atoms with Gasteiger partial charge in [0.25, 0.3) is 0 Å². The molecule has 0 fully saturated rings. The zero-order valence-corrected chi connectivity index (χ0v) is 17.9. The number of carbonyl (C=O) groups is 1. The average Bonchev–Trinajstić information content (AvgIpc) is 3.18. The van der Waals surface area contributed by atoms with Crippen LogP contribution in [0.5, 0.6) is 0 Å². The molecule has 5 nitrogen and oxygen atoms in total. The summed E-state index contributed by atoms with van der Waals surface area (Å²) < 4.78 is 19.3. The van der Waals surface area contributed by atoms with E-state index in [0.29, 0.717) is 31.9 Å². The normalized spacial score (nSPS) is 12.9. The summed E-state index contributed by atoms with van der Waals surface area (Å²) >= 11 is 0. The van der Waals surface area contributed by atoms with E-state index in [1.165, 1.54) is 0 Å². The van der Waals surface area contributed by atoms with Gasteiger partial charge in [0.2, 0.25) is 0 Å². The molecule has 5 heteroatoms. The highest BCUT2D eigenvalue weighted by Gasteiger charge is 2.24. The van der Waals surface area contributed by atoms with Crippen LogP contribution in [0.25, 0.3) is 10.9 Å². The molecule has 0 aliphatic rings. The standard InChI is InChI=1S/C26H29NO4/c1-4-12-22(19-29-18-20-13-8-7-9-14-20)31-25(5-2)27-23-16-11-10-15-21(23)17-24(27)26(28)30-6-3/h4-5,7-11,13-17,22,25H,1-2,6,12,18-19H2,3H3/t22-,25+/m0/s1. The maximum absolute atomic E-state index is 12.6. The third-order valence-corrected chi connectivity index (χ3v) is 4.87. The van der Waals surface area contributed by atoms with Gasteiger partial charge in [-0.1, -0.05) is 61.2 Å². The van der Waals surface area contributed by atoms with Gasteiger partial charge in [-0.2, -0.15) is 0 Å². The number of ether oxygens (including phenoxy) is 3. The van der Waals surface area contributed by atoms with Gasteiger partial charge >= 0.3 is 5.97 Å². The van der Waals surface area contributed by atoms with Crippen LogP contribution in [0.4, 0.5) is 0 Å². The average molecular weight is 420 g/mol. The first-order valence-electron chi connectivity index (χ1n) is 10.5. The largest absolute Gasteiger partial charge is 0.461 e. The number of para-hydroxylation sites is 1. The second kappa shape index (κ2) is 11.3. The van der Waals surface area contributed by atoms with Gasteiger partial charge in [-0.25, -0.2) is 4.79 Å². The third kappa shape index (κ3) is 5.72. The van der Waals surface area contributed by atoms with Gasteiger partial charge in [0.05, 0.1) is 31.4 Å². The zero-order chi connectivity index (χ0) is 22.1. The Morgan fingerprint density at radius 1 is 1.10 bits per heavy atom. The molecule has 0 amide bonds. The van der Waals surface area contributed by atoms with Gasteiger partial charge in [-0.15, -0.1) is 6.58 Å². The summed E-state index contributed by atoms with van der Waals surface area (Å²) in [6, 6.07) is 19.6. The Morgan fingerprint density at radius 2 is 1.84 bits per heavy atom. The van der Waals surface area contributed by atoms with Gasteiger partial charge in [0.15, 0.2) is 6.23 Å². The molecule has 0 unspecified atom stereocenters. The highest BCUT2D eigenvalue weighted by molar-refractivity contribution is 5.95. The van der Waals surface area contributed by atoms with E-state index in [4.69, 9.17) is 14.2 Å². The van der Waals surface area contributed by atoms with Gasteiger partial charge in [-0.3, -0.25) is 0 Å². The molecule has 2 aromatic carbocycles. The van der Waals surface area contributed by atoms with Crippen LogP contribution < -0.4 is 0 Å². The summed E-state index contributed by atoms with van der Waals surface area (Å²) in [6.07, 6.45) is 3.27. The molecular weight excluding hydrogens is 390 g/mol. The number of esters is 1. The summed E-state index contributed by atoms with van der Waals surface area (Å²) in [7, 11) is 0. The van der Waals surface area contributed by atoms with Crippen molar-refractivity contribution in [3.05, 3.63) is 97.2 Å². The van der Waals surface area contributed by atoms with E-state index in [1.54, 1.807) is 19.1 Å². The zero-order valence-electron chi connectivity index (χ0n) is 17.9. The minimum absolute atomic E-state index is 0.250. The lowest BCUT2D eigenvalue weighted by Gasteiger charge is -2.25. The van der Waals surface area contributed by atoms with Crippen molar-refractivity contribution >= 4 is 16.9 Å². The van der Waals surface area contributed by atoms with Crippen molar-refractivity contribution in [2.75, 3.05) is 13.2 Å². The number of fused-ring (bicyclic) bond motifs is 1. The first-order chi connectivity index (χ1) is 15.2. The Hall–Kier alpha value is -3.15. The molecule has 162 valence electrons. The van der Waals surface area contributed by atoms with Crippen molar-refractivity contribution in [2.45, 2.75) is 32.3 Å². The highest BCUT2D eigenvalue weighted by atomic mass is 16.5. The van der Waals surface area contributed by atoms with E-state index in [1.807, 2.05) is 65.2 Å². The first-order valence-corrected chi connectivity index (χ1v) is 10.5. The number of aromatic nitrogens is 1. The SMILES string of the molecule is C=CC[C@@H](COCc1ccccc1)O[C@H](C=C)n1c(C(=O)OCC)cc2ccccc21. The second-order valence-corrected chi connectivity index (χ2v) is 7.09. The van der Waals surface area contributed by atoms with Crippen LogP contribution in [0.1, 0.15) is 35.6 Å². The Bertz CT molecular complexity index is 1010. The molecule has 3 aromatic rings. The van der Waals surface area contributed by atoms with Crippen LogP contribution >= 0.6 is 0 Å². The lowest BCUT2D eigenvalue weighted by Crippen LogP contribution is -2.26. The molecule has 0 N–H and O–H groups in total. The van der Waals surface area contributed by atoms with E-state index >= 15 is 0 Å². The predicted octanol–water partition coefficient (Wildman–Crippen LogP) is 5.68. The maximum Gasteiger partial charge on any atom is 0.355 e. The number of carbonyl (C=O) groups excluding carboxylic acids is 1. The van der Waals surface area contributed by atoms with Crippen LogP contribution in [0, 0.1) is 0 Å². The number of hydrogen-bond donors (Lipinski definition) is 0. The fourth-order valence-corrected chi connectivity index (χ4v) is 3.46. The molecule has 1 heterocycles. The van der Waals surface area contributed by atoms with Crippen molar-refractivity contribution in [1.82, 2.24) is 4.57 Å². The summed E-state index contributed by atoms with van der Waals surface area (Å²) in [6.45, 7) is 10.8. The van der Waals surface area contributed by atoms with Crippen LogP contribution in [-0.4, -0.2) is 29.9 Å². The van der Waals surface area contributed by atoms with Crippen molar-refractivity contribution in [3.63, 3.8) is 0 Å². The van der Waals surface area contributed by atoms with E-state index in [0.717, 1.165) is 16.5 Å². The van der Waals surface area contributed by atoms with E-state index in [2.05, 4.69) is 13.2 Å². The molecule has 31 heavy (non-hydrogen) atoms. The fraction of sp³-hybridized carbons (Fsp3) is 0.269. The minimum atomic E-state index is -0.565. The molecule has 0 saturated carbocycles. The van der Waals surface area contributed by atoms with Gasteiger partial charge in [-0.05, 0) is 37.1 Å². The number of nitrogens with zero attached hydrogens (tertiary/aromatic N) is 1. The van der Waals surface area contributed by atoms with E-state index in [9.17, 15) is 4.79 Å². The fourth-order valence-electron chi connectivity index (χ4n) is 3.46. The molecule has 0 radical (unpaired) electrons. The third-order valence-electron chi connectivity index (χ3n) is 4.87. The number of benzene rings is 2. The van der Waals surface area contributed by atoms with Crippen molar-refractivity contribution in [2.24, 2.45) is 0 Å². The molecule has 3 rings (SSSR count). The molecular formula is C26H29NO4. The van der Waals surface area contributed by atoms with E-state index in [-0.39, 0.29) is 6.10 Å². The molecule has 0 saturated heterocycles. The van der Waals surface area contributed by atoms with Crippen molar-refractivity contribution < 1.29 is 19.0 Å². The van der Waals surface area contributed by atoms with Gasteiger partial charge in [0.1, 0.15) is 5.69 Å². The quantitative estimate of drug-likeness (QED) is 0.280. The molecule has 0 aliphatic heterocycles. The topological polar surface area (TPSA) is 49.7 Å². The summed E-state index contributed by atoms with van der Waals surface area (Å²) in [5.74, 6) is -0.394. The van der Waals surface area contributed by atoms with Crippen molar-refractivity contribution in [3.8, 4) is 0 Å². The predicted molar refractivity (Wildman–Crippen MR) is 123 cm³/mol.